The molecule has 0 amide bonds. The van der Waals surface area contributed by atoms with E-state index in [0.29, 0.717) is 0 Å². The lowest BCUT2D eigenvalue weighted by Gasteiger charge is -2.02. The number of aromatic nitrogens is 3. The quantitative estimate of drug-likeness (QED) is 0.671. The molecule has 0 saturated heterocycles. The van der Waals surface area contributed by atoms with E-state index < -0.39 is 0 Å². The molecule has 0 aliphatic carbocycles. The lowest BCUT2D eigenvalue weighted by Crippen LogP contribution is -2.16. The average Bonchev–Trinajstić information content (AvgIpc) is 2.72. The van der Waals surface area contributed by atoms with Gasteiger partial charge in [0, 0.05) is 12.7 Å². The summed E-state index contributed by atoms with van der Waals surface area (Å²) >= 11 is 0. The monoisotopic (exact) mass is 238 g/mol. The Hall–Kier alpha value is -0.900. The van der Waals surface area contributed by atoms with Gasteiger partial charge >= 0.3 is 0 Å². The molecular formula is C13H26N4. The third-order valence-corrected chi connectivity index (χ3v) is 2.79. The van der Waals surface area contributed by atoms with Crippen molar-refractivity contribution in [3.05, 3.63) is 11.9 Å². The Morgan fingerprint density at radius 1 is 1.35 bits per heavy atom. The molecule has 4 heteroatoms. The third-order valence-electron chi connectivity index (χ3n) is 2.79. The van der Waals surface area contributed by atoms with E-state index in [0.717, 1.165) is 44.1 Å². The maximum atomic E-state index is 4.20. The summed E-state index contributed by atoms with van der Waals surface area (Å²) in [4.78, 5) is 0. The Morgan fingerprint density at radius 2 is 2.18 bits per heavy atom. The van der Waals surface area contributed by atoms with Crippen molar-refractivity contribution >= 4 is 0 Å². The van der Waals surface area contributed by atoms with Gasteiger partial charge in [-0.1, -0.05) is 32.4 Å². The Kier molecular flexibility index (Phi) is 6.86. The zero-order valence-corrected chi connectivity index (χ0v) is 11.4. The second kappa shape index (κ2) is 8.23. The number of hydrogen-bond acceptors (Lipinski definition) is 3. The SMILES string of the molecule is CCNCCCn1cc(CCCC(C)C)nn1. The molecule has 0 bridgehead atoms. The van der Waals surface area contributed by atoms with Gasteiger partial charge < -0.3 is 5.32 Å². The van der Waals surface area contributed by atoms with Gasteiger partial charge in [0.2, 0.25) is 0 Å². The molecule has 0 atom stereocenters. The number of rotatable bonds is 9. The van der Waals surface area contributed by atoms with Gasteiger partial charge in [0.15, 0.2) is 0 Å². The molecule has 1 aromatic rings. The van der Waals surface area contributed by atoms with E-state index >= 15 is 0 Å². The van der Waals surface area contributed by atoms with Crippen LogP contribution in [0.3, 0.4) is 0 Å². The van der Waals surface area contributed by atoms with E-state index in [1.807, 2.05) is 4.68 Å². The van der Waals surface area contributed by atoms with E-state index in [4.69, 9.17) is 0 Å². The van der Waals surface area contributed by atoms with Crippen molar-refractivity contribution in [2.75, 3.05) is 13.1 Å². The molecule has 1 rings (SSSR count). The zero-order valence-electron chi connectivity index (χ0n) is 11.4. The highest BCUT2D eigenvalue weighted by Crippen LogP contribution is 2.07. The summed E-state index contributed by atoms with van der Waals surface area (Å²) in [5, 5.41) is 11.7. The number of aryl methyl sites for hydroxylation is 2. The second-order valence-corrected chi connectivity index (χ2v) is 4.97. The molecule has 1 heterocycles. The minimum absolute atomic E-state index is 0.783. The Morgan fingerprint density at radius 3 is 2.88 bits per heavy atom. The zero-order chi connectivity index (χ0) is 12.5. The van der Waals surface area contributed by atoms with Crippen molar-refractivity contribution in [2.45, 2.75) is 53.0 Å². The van der Waals surface area contributed by atoms with Crippen LogP contribution in [-0.2, 0) is 13.0 Å². The highest BCUT2D eigenvalue weighted by Gasteiger charge is 2.01. The van der Waals surface area contributed by atoms with Crippen LogP contribution in [0, 0.1) is 5.92 Å². The number of hydrogen-bond donors (Lipinski definition) is 1. The highest BCUT2D eigenvalue weighted by molar-refractivity contribution is 4.92. The van der Waals surface area contributed by atoms with Crippen LogP contribution in [0.2, 0.25) is 0 Å². The summed E-state index contributed by atoms with van der Waals surface area (Å²) in [5.41, 5.74) is 1.13. The largest absolute Gasteiger partial charge is 0.317 e. The van der Waals surface area contributed by atoms with Gasteiger partial charge in [0.1, 0.15) is 0 Å². The minimum atomic E-state index is 0.783. The molecule has 4 nitrogen and oxygen atoms in total. The first-order chi connectivity index (χ1) is 8.22. The van der Waals surface area contributed by atoms with Gasteiger partial charge in [-0.3, -0.25) is 4.68 Å². The molecule has 0 spiro atoms. The summed E-state index contributed by atoms with van der Waals surface area (Å²) in [7, 11) is 0. The second-order valence-electron chi connectivity index (χ2n) is 4.97. The maximum Gasteiger partial charge on any atom is 0.0827 e. The average molecular weight is 238 g/mol. The number of nitrogens with zero attached hydrogens (tertiary/aromatic N) is 3. The maximum absolute atomic E-state index is 4.20. The lowest BCUT2D eigenvalue weighted by atomic mass is 10.1. The molecule has 17 heavy (non-hydrogen) atoms. The van der Waals surface area contributed by atoms with Crippen LogP contribution in [0.25, 0.3) is 0 Å². The predicted molar refractivity (Wildman–Crippen MR) is 71.0 cm³/mol. The summed E-state index contributed by atoms with van der Waals surface area (Å²) in [5.74, 6) is 0.783. The van der Waals surface area contributed by atoms with Gasteiger partial charge in [0.25, 0.3) is 0 Å². The van der Waals surface area contributed by atoms with Gasteiger partial charge in [0.05, 0.1) is 5.69 Å². The summed E-state index contributed by atoms with van der Waals surface area (Å²) in [6.07, 6.45) is 6.75. The van der Waals surface area contributed by atoms with Crippen LogP contribution in [-0.4, -0.2) is 28.1 Å². The van der Waals surface area contributed by atoms with Crippen molar-refractivity contribution < 1.29 is 0 Å². The minimum Gasteiger partial charge on any atom is -0.317 e. The summed E-state index contributed by atoms with van der Waals surface area (Å²) in [6, 6.07) is 0. The molecule has 0 unspecified atom stereocenters. The first-order valence-electron chi connectivity index (χ1n) is 6.82. The lowest BCUT2D eigenvalue weighted by molar-refractivity contribution is 0.536. The third kappa shape index (κ3) is 6.41. The predicted octanol–water partition coefficient (Wildman–Crippen LogP) is 2.26. The summed E-state index contributed by atoms with van der Waals surface area (Å²) in [6.45, 7) is 9.71. The van der Waals surface area contributed by atoms with Crippen LogP contribution in [0.5, 0.6) is 0 Å². The Labute approximate surface area is 105 Å². The molecule has 0 aromatic carbocycles. The standard InChI is InChI=1S/C13H26N4/c1-4-14-9-6-10-17-11-13(15-16-17)8-5-7-12(2)3/h11-12,14H,4-10H2,1-3H3. The topological polar surface area (TPSA) is 42.7 Å². The first kappa shape index (κ1) is 14.2. The van der Waals surface area contributed by atoms with Crippen molar-refractivity contribution in [1.82, 2.24) is 20.3 Å². The Balaban J connectivity index is 2.18. The van der Waals surface area contributed by atoms with Gasteiger partial charge in [-0.25, -0.2) is 0 Å². The molecular weight excluding hydrogens is 212 g/mol. The fraction of sp³-hybridized carbons (Fsp3) is 0.846. The van der Waals surface area contributed by atoms with Gasteiger partial charge in [-0.05, 0) is 38.3 Å². The molecule has 0 aliphatic heterocycles. The van der Waals surface area contributed by atoms with Crippen LogP contribution in [0.1, 0.15) is 45.7 Å². The smallest absolute Gasteiger partial charge is 0.0827 e. The van der Waals surface area contributed by atoms with E-state index in [2.05, 4.69) is 42.6 Å². The highest BCUT2D eigenvalue weighted by atomic mass is 15.4. The number of nitrogens with one attached hydrogen (secondary N) is 1. The normalized spacial score (nSPS) is 11.3. The molecule has 98 valence electrons. The van der Waals surface area contributed by atoms with E-state index in [9.17, 15) is 0 Å². The molecule has 0 fully saturated rings. The first-order valence-corrected chi connectivity index (χ1v) is 6.82. The van der Waals surface area contributed by atoms with Crippen LogP contribution < -0.4 is 5.32 Å². The van der Waals surface area contributed by atoms with Crippen LogP contribution >= 0.6 is 0 Å². The van der Waals surface area contributed by atoms with Gasteiger partial charge in [-0.15, -0.1) is 5.10 Å². The molecule has 0 saturated carbocycles. The van der Waals surface area contributed by atoms with Crippen molar-refractivity contribution in [3.8, 4) is 0 Å². The fourth-order valence-corrected chi connectivity index (χ4v) is 1.80. The van der Waals surface area contributed by atoms with E-state index in [1.54, 1.807) is 0 Å². The summed E-state index contributed by atoms with van der Waals surface area (Å²) < 4.78 is 1.96. The van der Waals surface area contributed by atoms with Crippen molar-refractivity contribution in [1.29, 1.82) is 0 Å². The molecule has 0 radical (unpaired) electrons. The van der Waals surface area contributed by atoms with Gasteiger partial charge in [-0.2, -0.15) is 0 Å². The van der Waals surface area contributed by atoms with Crippen LogP contribution in [0.15, 0.2) is 6.20 Å². The molecule has 1 N–H and O–H groups in total. The van der Waals surface area contributed by atoms with Crippen molar-refractivity contribution in [2.24, 2.45) is 5.92 Å². The van der Waals surface area contributed by atoms with Crippen molar-refractivity contribution in [3.63, 3.8) is 0 Å². The fourth-order valence-electron chi connectivity index (χ4n) is 1.80. The van der Waals surface area contributed by atoms with E-state index in [-0.39, 0.29) is 0 Å². The molecule has 1 aromatic heterocycles. The van der Waals surface area contributed by atoms with E-state index in [1.165, 1.54) is 12.8 Å². The van der Waals surface area contributed by atoms with Crippen LogP contribution in [0.4, 0.5) is 0 Å². The molecule has 0 aliphatic rings. The Bertz CT molecular complexity index is 293.